The Labute approximate surface area is 145 Å². The van der Waals surface area contributed by atoms with Crippen molar-refractivity contribution in [1.29, 1.82) is 0 Å². The van der Waals surface area contributed by atoms with Crippen LogP contribution in [0.15, 0.2) is 47.5 Å². The molecule has 0 saturated heterocycles. The van der Waals surface area contributed by atoms with Crippen molar-refractivity contribution in [3.8, 4) is 0 Å². The van der Waals surface area contributed by atoms with Gasteiger partial charge in [-0.25, -0.2) is 8.78 Å². The summed E-state index contributed by atoms with van der Waals surface area (Å²) in [5, 5.41) is 4.87. The summed E-state index contributed by atoms with van der Waals surface area (Å²) in [6.07, 6.45) is 0.989. The molecule has 2 aromatic rings. The fraction of sp³-hybridized carbons (Fsp3) is 0.0588. The Kier molecular flexibility index (Phi) is 5.46. The van der Waals surface area contributed by atoms with Crippen LogP contribution in [0.3, 0.4) is 0 Å². The second-order valence-corrected chi connectivity index (χ2v) is 5.78. The van der Waals surface area contributed by atoms with Crippen LogP contribution in [0.4, 0.5) is 20.2 Å². The van der Waals surface area contributed by atoms with E-state index in [1.54, 1.807) is 6.92 Å². The number of nitrogens with one attached hydrogen (secondary N) is 2. The number of carbonyl (C=O) groups excluding carboxylic acids is 2. The van der Waals surface area contributed by atoms with Crippen LogP contribution in [-0.2, 0) is 4.79 Å². The number of anilines is 2. The van der Waals surface area contributed by atoms with Gasteiger partial charge in [0.05, 0.1) is 11.3 Å². The summed E-state index contributed by atoms with van der Waals surface area (Å²) in [5.74, 6) is -2.23. The van der Waals surface area contributed by atoms with Gasteiger partial charge < -0.3 is 10.6 Å². The van der Waals surface area contributed by atoms with Crippen LogP contribution in [0.5, 0.6) is 0 Å². The lowest BCUT2D eigenvalue weighted by Crippen LogP contribution is -2.15. The molecule has 0 fully saturated rings. The quantitative estimate of drug-likeness (QED) is 0.754. The van der Waals surface area contributed by atoms with Gasteiger partial charge >= 0.3 is 0 Å². The van der Waals surface area contributed by atoms with Gasteiger partial charge in [-0.1, -0.05) is 6.58 Å². The summed E-state index contributed by atoms with van der Waals surface area (Å²) < 4.78 is 27.3. The Morgan fingerprint density at radius 2 is 1.83 bits per heavy atom. The van der Waals surface area contributed by atoms with Gasteiger partial charge in [-0.3, -0.25) is 9.59 Å². The fourth-order valence-corrected chi connectivity index (χ4v) is 2.42. The number of hydrogen-bond acceptors (Lipinski definition) is 2. The second-order valence-electron chi connectivity index (χ2n) is 4.92. The van der Waals surface area contributed by atoms with Crippen LogP contribution in [0.25, 0.3) is 0 Å². The maximum atomic E-state index is 13.9. The summed E-state index contributed by atoms with van der Waals surface area (Å²) in [4.78, 5) is 23.7. The Bertz CT molecular complexity index is 838. The van der Waals surface area contributed by atoms with E-state index in [0.717, 1.165) is 12.1 Å². The predicted octanol–water partition coefficient (Wildman–Crippen LogP) is 4.41. The lowest BCUT2D eigenvalue weighted by Gasteiger charge is -2.11. The molecular formula is C17H13BrF2N2O2. The summed E-state index contributed by atoms with van der Waals surface area (Å²) in [6.45, 7) is 4.85. The third-order valence-electron chi connectivity index (χ3n) is 3.16. The Morgan fingerprint density at radius 3 is 2.46 bits per heavy atom. The highest BCUT2D eigenvalue weighted by molar-refractivity contribution is 9.10. The molecule has 124 valence electrons. The van der Waals surface area contributed by atoms with Crippen LogP contribution >= 0.6 is 15.9 Å². The molecule has 2 amide bonds. The second kappa shape index (κ2) is 7.35. The highest BCUT2D eigenvalue weighted by Gasteiger charge is 2.16. The summed E-state index contributed by atoms with van der Waals surface area (Å²) in [5.41, 5.74) is 0.734. The van der Waals surface area contributed by atoms with E-state index in [4.69, 9.17) is 0 Å². The molecule has 0 saturated carbocycles. The van der Waals surface area contributed by atoms with E-state index in [2.05, 4.69) is 33.1 Å². The number of aryl methyl sites for hydroxylation is 1. The number of hydrogen-bond donors (Lipinski definition) is 2. The maximum Gasteiger partial charge on any atom is 0.256 e. The molecule has 0 aliphatic rings. The van der Waals surface area contributed by atoms with Crippen LogP contribution in [0, 0.1) is 18.6 Å². The average Bonchev–Trinajstić information content (AvgIpc) is 2.53. The molecule has 0 spiro atoms. The van der Waals surface area contributed by atoms with Gasteiger partial charge in [-0.05, 0) is 64.8 Å². The van der Waals surface area contributed by atoms with Crippen molar-refractivity contribution in [2.45, 2.75) is 6.92 Å². The van der Waals surface area contributed by atoms with Crippen LogP contribution in [-0.4, -0.2) is 11.8 Å². The van der Waals surface area contributed by atoms with E-state index in [9.17, 15) is 18.4 Å². The number of rotatable bonds is 4. The molecule has 0 heterocycles. The molecule has 0 aliphatic heterocycles. The highest BCUT2D eigenvalue weighted by atomic mass is 79.9. The summed E-state index contributed by atoms with van der Waals surface area (Å²) in [6, 6.07) is 6.40. The molecule has 0 atom stereocenters. The summed E-state index contributed by atoms with van der Waals surface area (Å²) >= 11 is 3.11. The van der Waals surface area contributed by atoms with Crippen LogP contribution in [0.2, 0.25) is 0 Å². The van der Waals surface area contributed by atoms with E-state index < -0.39 is 17.6 Å². The lowest BCUT2D eigenvalue weighted by molar-refractivity contribution is -0.111. The van der Waals surface area contributed by atoms with Gasteiger partial charge in [0.2, 0.25) is 5.91 Å². The van der Waals surface area contributed by atoms with Gasteiger partial charge in [0.1, 0.15) is 11.6 Å². The standard InChI is InChI=1S/C17H13BrF2N2O2/c1-3-16(23)22-15-7-11(12(18)8-14(15)20)17(24)21-10-4-5-13(19)9(2)6-10/h3-8H,1H2,2H3,(H,21,24)(H,22,23). The fourth-order valence-electron chi connectivity index (χ4n) is 1.92. The molecule has 0 aliphatic carbocycles. The van der Waals surface area contributed by atoms with E-state index in [1.807, 2.05) is 0 Å². The monoisotopic (exact) mass is 394 g/mol. The van der Waals surface area contributed by atoms with Crippen molar-refractivity contribution < 1.29 is 18.4 Å². The Morgan fingerprint density at radius 1 is 1.12 bits per heavy atom. The van der Waals surface area contributed by atoms with Gasteiger partial charge in [-0.15, -0.1) is 0 Å². The number of amides is 2. The minimum atomic E-state index is -0.703. The normalized spacial score (nSPS) is 10.2. The van der Waals surface area contributed by atoms with Crippen LogP contribution < -0.4 is 10.6 Å². The SMILES string of the molecule is C=CC(=O)Nc1cc(C(=O)Nc2ccc(F)c(C)c2)c(Br)cc1F. The molecule has 24 heavy (non-hydrogen) atoms. The van der Waals surface area contributed by atoms with Gasteiger partial charge in [0.15, 0.2) is 0 Å². The molecule has 2 aromatic carbocycles. The number of halogens is 3. The first-order valence-corrected chi connectivity index (χ1v) is 7.61. The average molecular weight is 395 g/mol. The zero-order chi connectivity index (χ0) is 17.9. The van der Waals surface area contributed by atoms with Crippen molar-refractivity contribution in [3.05, 3.63) is 70.2 Å². The predicted molar refractivity (Wildman–Crippen MR) is 92.0 cm³/mol. The Balaban J connectivity index is 2.30. The van der Waals surface area contributed by atoms with Gasteiger partial charge in [0, 0.05) is 10.2 Å². The molecule has 0 radical (unpaired) electrons. The number of carbonyl (C=O) groups is 2. The molecule has 0 bridgehead atoms. The van der Waals surface area contributed by atoms with Crippen molar-refractivity contribution in [2.24, 2.45) is 0 Å². The van der Waals surface area contributed by atoms with E-state index in [0.29, 0.717) is 11.3 Å². The topological polar surface area (TPSA) is 58.2 Å². The molecule has 7 heteroatoms. The van der Waals surface area contributed by atoms with Gasteiger partial charge in [-0.2, -0.15) is 0 Å². The first-order chi connectivity index (χ1) is 11.3. The molecule has 4 nitrogen and oxygen atoms in total. The lowest BCUT2D eigenvalue weighted by atomic mass is 10.1. The van der Waals surface area contributed by atoms with Crippen molar-refractivity contribution in [2.75, 3.05) is 10.6 Å². The zero-order valence-electron chi connectivity index (χ0n) is 12.6. The summed E-state index contributed by atoms with van der Waals surface area (Å²) in [7, 11) is 0. The molecule has 2 N–H and O–H groups in total. The van der Waals surface area contributed by atoms with E-state index >= 15 is 0 Å². The van der Waals surface area contributed by atoms with E-state index in [-0.39, 0.29) is 21.5 Å². The van der Waals surface area contributed by atoms with Crippen molar-refractivity contribution in [1.82, 2.24) is 0 Å². The first kappa shape index (κ1) is 17.8. The molecule has 0 aromatic heterocycles. The number of benzene rings is 2. The molecule has 0 unspecified atom stereocenters. The molecule has 2 rings (SSSR count). The first-order valence-electron chi connectivity index (χ1n) is 6.81. The highest BCUT2D eigenvalue weighted by Crippen LogP contribution is 2.26. The van der Waals surface area contributed by atoms with E-state index in [1.165, 1.54) is 24.3 Å². The zero-order valence-corrected chi connectivity index (χ0v) is 14.2. The van der Waals surface area contributed by atoms with Gasteiger partial charge in [0.25, 0.3) is 5.91 Å². The van der Waals surface area contributed by atoms with Crippen molar-refractivity contribution >= 4 is 39.1 Å². The minimum absolute atomic E-state index is 0.109. The van der Waals surface area contributed by atoms with Crippen LogP contribution in [0.1, 0.15) is 15.9 Å². The van der Waals surface area contributed by atoms with Crippen molar-refractivity contribution in [3.63, 3.8) is 0 Å². The smallest absolute Gasteiger partial charge is 0.256 e. The minimum Gasteiger partial charge on any atom is -0.322 e. The largest absolute Gasteiger partial charge is 0.322 e. The Hall–Kier alpha value is -2.54. The maximum absolute atomic E-state index is 13.9. The molecular weight excluding hydrogens is 382 g/mol. The third-order valence-corrected chi connectivity index (χ3v) is 3.82. The third kappa shape index (κ3) is 4.05.